The smallest absolute Gasteiger partial charge is 0.389 e. The molecule has 0 spiro atoms. The van der Waals surface area contributed by atoms with E-state index in [9.17, 15) is 18.3 Å². The van der Waals surface area contributed by atoms with Gasteiger partial charge in [0.05, 0.1) is 6.10 Å². The second kappa shape index (κ2) is 5.21. The molecule has 19 heavy (non-hydrogen) atoms. The predicted octanol–water partition coefficient (Wildman–Crippen LogP) is 3.92. The number of nitrogens with zero attached hydrogens (tertiary/aromatic N) is 1. The fraction of sp³-hybridized carbons (Fsp3) is 0.538. The van der Waals surface area contributed by atoms with Crippen molar-refractivity contribution in [2.45, 2.75) is 38.1 Å². The molecule has 106 valence electrons. The molecule has 0 aromatic heterocycles. The van der Waals surface area contributed by atoms with Crippen LogP contribution in [0, 0.1) is 0 Å². The lowest BCUT2D eigenvalue weighted by Gasteiger charge is -2.26. The number of hydrogen-bond acceptors (Lipinski definition) is 2. The van der Waals surface area contributed by atoms with E-state index in [0.717, 1.165) is 12.8 Å². The Labute approximate surface area is 114 Å². The Morgan fingerprint density at radius 1 is 1.42 bits per heavy atom. The van der Waals surface area contributed by atoms with E-state index in [-0.39, 0.29) is 6.04 Å². The molecule has 0 saturated heterocycles. The SMILES string of the molecule is CC(O)c1ccc(N(CC(F)(F)F)C2CC2)cc1Cl. The number of alkyl halides is 3. The molecule has 1 aromatic rings. The molecule has 2 nitrogen and oxygen atoms in total. The summed E-state index contributed by atoms with van der Waals surface area (Å²) in [5.74, 6) is 0. The minimum absolute atomic E-state index is 0.0601. The van der Waals surface area contributed by atoms with Gasteiger partial charge in [0.2, 0.25) is 0 Å². The van der Waals surface area contributed by atoms with Gasteiger partial charge in [0.15, 0.2) is 0 Å². The highest BCUT2D eigenvalue weighted by atomic mass is 35.5. The van der Waals surface area contributed by atoms with Crippen LogP contribution in [0.15, 0.2) is 18.2 Å². The first-order chi connectivity index (χ1) is 8.78. The Morgan fingerprint density at radius 2 is 2.05 bits per heavy atom. The molecule has 1 saturated carbocycles. The van der Waals surface area contributed by atoms with Crippen LogP contribution < -0.4 is 4.90 Å². The van der Waals surface area contributed by atoms with Gasteiger partial charge in [-0.3, -0.25) is 0 Å². The number of anilines is 1. The summed E-state index contributed by atoms with van der Waals surface area (Å²) in [6.07, 6.45) is -3.44. The summed E-state index contributed by atoms with van der Waals surface area (Å²) in [6, 6.07) is 4.59. The van der Waals surface area contributed by atoms with Gasteiger partial charge in [-0.25, -0.2) is 0 Å². The van der Waals surface area contributed by atoms with Crippen molar-refractivity contribution in [3.8, 4) is 0 Å². The number of aliphatic hydroxyl groups excluding tert-OH is 1. The first-order valence-electron chi connectivity index (χ1n) is 6.09. The Hall–Kier alpha value is -0.940. The molecule has 1 aliphatic rings. The zero-order valence-corrected chi connectivity index (χ0v) is 11.2. The van der Waals surface area contributed by atoms with Crippen molar-refractivity contribution in [2.24, 2.45) is 0 Å². The highest BCUT2D eigenvalue weighted by Crippen LogP contribution is 2.36. The number of hydrogen-bond donors (Lipinski definition) is 1. The van der Waals surface area contributed by atoms with Gasteiger partial charge in [-0.05, 0) is 37.5 Å². The minimum Gasteiger partial charge on any atom is -0.389 e. The van der Waals surface area contributed by atoms with E-state index in [4.69, 9.17) is 11.6 Å². The van der Waals surface area contributed by atoms with E-state index in [0.29, 0.717) is 16.3 Å². The summed E-state index contributed by atoms with van der Waals surface area (Å²) in [7, 11) is 0. The van der Waals surface area contributed by atoms with E-state index in [1.807, 2.05) is 0 Å². The van der Waals surface area contributed by atoms with Crippen LogP contribution in [-0.4, -0.2) is 23.9 Å². The first kappa shape index (κ1) is 14.5. The van der Waals surface area contributed by atoms with Crippen molar-refractivity contribution >= 4 is 17.3 Å². The molecular weight excluding hydrogens is 279 g/mol. The Balaban J connectivity index is 2.25. The summed E-state index contributed by atoms with van der Waals surface area (Å²) in [5.41, 5.74) is 0.974. The third-order valence-corrected chi connectivity index (χ3v) is 3.43. The molecule has 2 rings (SSSR count). The number of rotatable bonds is 4. The monoisotopic (exact) mass is 293 g/mol. The van der Waals surface area contributed by atoms with Gasteiger partial charge in [0.1, 0.15) is 6.54 Å². The number of aliphatic hydroxyl groups is 1. The molecule has 1 atom stereocenters. The van der Waals surface area contributed by atoms with E-state index in [1.54, 1.807) is 19.1 Å². The van der Waals surface area contributed by atoms with E-state index >= 15 is 0 Å². The molecule has 1 fully saturated rings. The lowest BCUT2D eigenvalue weighted by Crippen LogP contribution is -2.36. The summed E-state index contributed by atoms with van der Waals surface area (Å²) < 4.78 is 37.7. The minimum atomic E-state index is -4.24. The molecule has 0 amide bonds. The zero-order chi connectivity index (χ0) is 14.2. The van der Waals surface area contributed by atoms with Crippen LogP contribution in [0.25, 0.3) is 0 Å². The van der Waals surface area contributed by atoms with Gasteiger partial charge >= 0.3 is 6.18 Å². The molecule has 0 radical (unpaired) electrons. The Bertz CT molecular complexity index is 458. The van der Waals surface area contributed by atoms with Crippen LogP contribution in [0.2, 0.25) is 5.02 Å². The van der Waals surface area contributed by atoms with Gasteiger partial charge in [0, 0.05) is 16.8 Å². The normalized spacial score (nSPS) is 17.4. The van der Waals surface area contributed by atoms with Crippen LogP contribution in [0.5, 0.6) is 0 Å². The maximum absolute atomic E-state index is 12.6. The second-order valence-electron chi connectivity index (χ2n) is 4.86. The predicted molar refractivity (Wildman–Crippen MR) is 68.5 cm³/mol. The van der Waals surface area contributed by atoms with Gasteiger partial charge in [-0.15, -0.1) is 0 Å². The van der Waals surface area contributed by atoms with E-state index < -0.39 is 18.8 Å². The second-order valence-corrected chi connectivity index (χ2v) is 5.26. The lowest BCUT2D eigenvalue weighted by atomic mass is 10.1. The van der Waals surface area contributed by atoms with Crippen molar-refractivity contribution in [3.05, 3.63) is 28.8 Å². The zero-order valence-electron chi connectivity index (χ0n) is 10.4. The largest absolute Gasteiger partial charge is 0.405 e. The van der Waals surface area contributed by atoms with Crippen molar-refractivity contribution in [3.63, 3.8) is 0 Å². The fourth-order valence-electron chi connectivity index (χ4n) is 2.04. The molecule has 6 heteroatoms. The average molecular weight is 294 g/mol. The highest BCUT2D eigenvalue weighted by molar-refractivity contribution is 6.31. The third kappa shape index (κ3) is 3.76. The molecule has 0 aliphatic heterocycles. The van der Waals surface area contributed by atoms with Crippen LogP contribution in [-0.2, 0) is 0 Å². The Morgan fingerprint density at radius 3 is 2.47 bits per heavy atom. The van der Waals surface area contributed by atoms with Crippen LogP contribution in [0.1, 0.15) is 31.4 Å². The fourth-order valence-corrected chi connectivity index (χ4v) is 2.38. The van der Waals surface area contributed by atoms with Crippen molar-refractivity contribution in [1.82, 2.24) is 0 Å². The van der Waals surface area contributed by atoms with Crippen LogP contribution in [0.3, 0.4) is 0 Å². The van der Waals surface area contributed by atoms with E-state index in [2.05, 4.69) is 0 Å². The molecule has 1 N–H and O–H groups in total. The summed E-state index contributed by atoms with van der Waals surface area (Å²) in [5, 5.41) is 9.76. The Kier molecular flexibility index (Phi) is 3.97. The third-order valence-electron chi connectivity index (χ3n) is 3.10. The van der Waals surface area contributed by atoms with Crippen LogP contribution >= 0.6 is 11.6 Å². The maximum atomic E-state index is 12.6. The van der Waals surface area contributed by atoms with Gasteiger partial charge in [0.25, 0.3) is 0 Å². The van der Waals surface area contributed by atoms with E-state index in [1.165, 1.54) is 11.0 Å². The van der Waals surface area contributed by atoms with Gasteiger partial charge in [-0.2, -0.15) is 13.2 Å². The topological polar surface area (TPSA) is 23.5 Å². The summed E-state index contributed by atoms with van der Waals surface area (Å²) in [6.45, 7) is 0.595. The average Bonchev–Trinajstić information content (AvgIpc) is 3.07. The first-order valence-corrected chi connectivity index (χ1v) is 6.46. The quantitative estimate of drug-likeness (QED) is 0.909. The number of benzene rings is 1. The van der Waals surface area contributed by atoms with Crippen molar-refractivity contribution in [1.29, 1.82) is 0 Å². The molecule has 0 bridgehead atoms. The van der Waals surface area contributed by atoms with Gasteiger partial charge < -0.3 is 10.0 Å². The van der Waals surface area contributed by atoms with Crippen molar-refractivity contribution in [2.75, 3.05) is 11.4 Å². The highest BCUT2D eigenvalue weighted by Gasteiger charge is 2.38. The van der Waals surface area contributed by atoms with Crippen molar-refractivity contribution < 1.29 is 18.3 Å². The molecule has 0 heterocycles. The summed E-state index contributed by atoms with van der Waals surface area (Å²) >= 11 is 6.00. The lowest BCUT2D eigenvalue weighted by molar-refractivity contribution is -0.120. The van der Waals surface area contributed by atoms with Crippen LogP contribution in [0.4, 0.5) is 18.9 Å². The maximum Gasteiger partial charge on any atom is 0.405 e. The molecular formula is C13H15ClF3NO. The molecule has 1 unspecified atom stereocenters. The molecule has 1 aliphatic carbocycles. The molecule has 1 aromatic carbocycles. The summed E-state index contributed by atoms with van der Waals surface area (Å²) in [4.78, 5) is 1.33. The number of halogens is 4. The standard InChI is InChI=1S/C13H15ClF3NO/c1-8(19)11-5-4-10(6-12(11)14)18(9-2-3-9)7-13(15,16)17/h4-6,8-9,19H,2-3,7H2,1H3. The van der Waals surface area contributed by atoms with Gasteiger partial charge in [-0.1, -0.05) is 17.7 Å².